The lowest BCUT2D eigenvalue weighted by molar-refractivity contribution is 0.1000. The second-order valence-corrected chi connectivity index (χ2v) is 3.83. The van der Waals surface area contributed by atoms with Gasteiger partial charge in [0.25, 0.3) is 5.91 Å². The molecule has 0 unspecified atom stereocenters. The predicted octanol–water partition coefficient (Wildman–Crippen LogP) is 0.565. The number of aryl methyl sites for hydroxylation is 2. The number of rotatable bonds is 2. The van der Waals surface area contributed by atoms with E-state index in [0.717, 1.165) is 11.3 Å². The van der Waals surface area contributed by atoms with E-state index >= 15 is 0 Å². The van der Waals surface area contributed by atoms with E-state index in [-0.39, 0.29) is 0 Å². The molecule has 2 heterocycles. The molecule has 0 radical (unpaired) electrons. The van der Waals surface area contributed by atoms with Gasteiger partial charge in [-0.15, -0.1) is 5.10 Å². The van der Waals surface area contributed by atoms with Crippen LogP contribution in [0.1, 0.15) is 21.6 Å². The van der Waals surface area contributed by atoms with E-state index in [1.54, 1.807) is 18.3 Å². The minimum atomic E-state index is -0.542. The number of aromatic nitrogens is 3. The van der Waals surface area contributed by atoms with E-state index < -0.39 is 5.91 Å². The van der Waals surface area contributed by atoms with Crippen LogP contribution < -0.4 is 11.5 Å². The Morgan fingerprint density at radius 1 is 1.35 bits per heavy atom. The number of pyridine rings is 1. The van der Waals surface area contributed by atoms with Crippen LogP contribution in [-0.4, -0.2) is 20.7 Å². The third-order valence-electron chi connectivity index (χ3n) is 2.43. The Morgan fingerprint density at radius 2 is 2.06 bits per heavy atom. The van der Waals surface area contributed by atoms with Crippen molar-refractivity contribution < 1.29 is 4.79 Å². The van der Waals surface area contributed by atoms with Gasteiger partial charge in [0.05, 0.1) is 5.56 Å². The molecule has 2 rings (SSSR count). The van der Waals surface area contributed by atoms with Crippen LogP contribution in [0.5, 0.6) is 0 Å². The number of amides is 1. The van der Waals surface area contributed by atoms with Crippen molar-refractivity contribution >= 4 is 11.7 Å². The maximum absolute atomic E-state index is 11.3. The largest absolute Gasteiger partial charge is 0.382 e. The first-order valence-corrected chi connectivity index (χ1v) is 5.08. The Kier molecular flexibility index (Phi) is 2.55. The van der Waals surface area contributed by atoms with Gasteiger partial charge >= 0.3 is 0 Å². The van der Waals surface area contributed by atoms with Crippen molar-refractivity contribution in [3.05, 3.63) is 35.2 Å². The van der Waals surface area contributed by atoms with Gasteiger partial charge in [-0.1, -0.05) is 0 Å². The topological polar surface area (TPSA) is 99.8 Å². The normalized spacial score (nSPS) is 10.5. The van der Waals surface area contributed by atoms with Crippen LogP contribution in [-0.2, 0) is 0 Å². The number of nitrogen functional groups attached to an aromatic ring is 1. The van der Waals surface area contributed by atoms with Crippen molar-refractivity contribution in [3.63, 3.8) is 0 Å². The summed E-state index contributed by atoms with van der Waals surface area (Å²) < 4.78 is 1.47. The third kappa shape index (κ3) is 1.96. The molecule has 0 fully saturated rings. The second kappa shape index (κ2) is 3.89. The first-order valence-electron chi connectivity index (χ1n) is 5.08. The van der Waals surface area contributed by atoms with E-state index in [1.165, 1.54) is 4.68 Å². The summed E-state index contributed by atoms with van der Waals surface area (Å²) in [5, 5.41) is 4.09. The van der Waals surface area contributed by atoms with Crippen LogP contribution in [0, 0.1) is 13.8 Å². The standard InChI is InChI=1S/C11H13N5O/c1-6-5-16(15-9(6)12)11-8(10(13)17)4-3-7(2)14-11/h3-5H,1-2H3,(H2,12,15)(H2,13,17). The molecule has 2 aromatic heterocycles. The van der Waals surface area contributed by atoms with Gasteiger partial charge in [0.2, 0.25) is 0 Å². The smallest absolute Gasteiger partial charge is 0.252 e. The number of hydrogen-bond donors (Lipinski definition) is 2. The Labute approximate surface area is 98.3 Å². The van der Waals surface area contributed by atoms with Gasteiger partial charge in [0.15, 0.2) is 5.82 Å². The van der Waals surface area contributed by atoms with E-state index in [1.807, 2.05) is 13.8 Å². The molecule has 0 saturated carbocycles. The lowest BCUT2D eigenvalue weighted by Gasteiger charge is -2.06. The summed E-state index contributed by atoms with van der Waals surface area (Å²) in [6.45, 7) is 3.66. The van der Waals surface area contributed by atoms with Crippen molar-refractivity contribution in [1.82, 2.24) is 14.8 Å². The molecule has 0 aromatic carbocycles. The van der Waals surface area contributed by atoms with Crippen molar-refractivity contribution in [2.24, 2.45) is 5.73 Å². The lowest BCUT2D eigenvalue weighted by atomic mass is 10.2. The van der Waals surface area contributed by atoms with Gasteiger partial charge in [0, 0.05) is 17.5 Å². The molecule has 0 bridgehead atoms. The Hall–Kier alpha value is -2.37. The minimum Gasteiger partial charge on any atom is -0.382 e. The molecule has 0 aliphatic heterocycles. The molecule has 1 amide bonds. The highest BCUT2D eigenvalue weighted by molar-refractivity contribution is 5.95. The predicted molar refractivity (Wildman–Crippen MR) is 63.8 cm³/mol. The van der Waals surface area contributed by atoms with Crippen LogP contribution in [0.2, 0.25) is 0 Å². The Morgan fingerprint density at radius 3 is 2.59 bits per heavy atom. The quantitative estimate of drug-likeness (QED) is 0.788. The summed E-state index contributed by atoms with van der Waals surface area (Å²) in [6.07, 6.45) is 1.71. The molecule has 0 atom stereocenters. The summed E-state index contributed by atoms with van der Waals surface area (Å²) in [5.74, 6) is 0.264. The van der Waals surface area contributed by atoms with Gasteiger partial charge < -0.3 is 11.5 Å². The van der Waals surface area contributed by atoms with Crippen molar-refractivity contribution in [3.8, 4) is 5.82 Å². The fourth-order valence-electron chi connectivity index (χ4n) is 1.49. The molecular weight excluding hydrogens is 218 g/mol. The van der Waals surface area contributed by atoms with Gasteiger partial charge in [0.1, 0.15) is 5.82 Å². The molecule has 4 N–H and O–H groups in total. The van der Waals surface area contributed by atoms with E-state index in [2.05, 4.69) is 10.1 Å². The highest BCUT2D eigenvalue weighted by Gasteiger charge is 2.13. The van der Waals surface area contributed by atoms with Gasteiger partial charge in [-0.25, -0.2) is 9.67 Å². The summed E-state index contributed by atoms with van der Waals surface area (Å²) in [7, 11) is 0. The van der Waals surface area contributed by atoms with Crippen LogP contribution in [0.15, 0.2) is 18.3 Å². The van der Waals surface area contributed by atoms with Crippen LogP contribution in [0.4, 0.5) is 5.82 Å². The fourth-order valence-corrected chi connectivity index (χ4v) is 1.49. The van der Waals surface area contributed by atoms with Crippen LogP contribution >= 0.6 is 0 Å². The number of carbonyl (C=O) groups excluding carboxylic acids is 1. The number of anilines is 1. The molecule has 17 heavy (non-hydrogen) atoms. The molecule has 6 heteroatoms. The summed E-state index contributed by atoms with van der Waals surface area (Å²) in [6, 6.07) is 3.36. The van der Waals surface area contributed by atoms with E-state index in [9.17, 15) is 4.79 Å². The molecule has 0 aliphatic carbocycles. The lowest BCUT2D eigenvalue weighted by Crippen LogP contribution is -2.16. The van der Waals surface area contributed by atoms with Crippen LogP contribution in [0.25, 0.3) is 5.82 Å². The molecule has 88 valence electrons. The molecule has 6 nitrogen and oxygen atoms in total. The molecule has 0 saturated heterocycles. The average Bonchev–Trinajstić information content (AvgIpc) is 2.58. The number of nitrogens with zero attached hydrogens (tertiary/aromatic N) is 3. The summed E-state index contributed by atoms with van der Waals surface area (Å²) in [4.78, 5) is 15.6. The number of carbonyl (C=O) groups is 1. The number of hydrogen-bond acceptors (Lipinski definition) is 4. The maximum Gasteiger partial charge on any atom is 0.252 e. The SMILES string of the molecule is Cc1ccc(C(N)=O)c(-n2cc(C)c(N)n2)n1. The zero-order valence-electron chi connectivity index (χ0n) is 9.64. The zero-order chi connectivity index (χ0) is 12.6. The molecule has 0 spiro atoms. The first kappa shape index (κ1) is 11.1. The minimum absolute atomic E-state index is 0.318. The zero-order valence-corrected chi connectivity index (χ0v) is 9.64. The van der Waals surface area contributed by atoms with E-state index in [0.29, 0.717) is 17.2 Å². The number of primary amides is 1. The fraction of sp³-hybridized carbons (Fsp3) is 0.182. The van der Waals surface area contributed by atoms with Crippen molar-refractivity contribution in [2.75, 3.05) is 5.73 Å². The highest BCUT2D eigenvalue weighted by Crippen LogP contribution is 2.15. The maximum atomic E-state index is 11.3. The average molecular weight is 231 g/mol. The monoisotopic (exact) mass is 231 g/mol. The summed E-state index contributed by atoms with van der Waals surface area (Å²) >= 11 is 0. The second-order valence-electron chi connectivity index (χ2n) is 3.83. The summed E-state index contributed by atoms with van der Waals surface area (Å²) in [5.41, 5.74) is 12.9. The molecular formula is C11H13N5O. The first-order chi connectivity index (χ1) is 7.99. The van der Waals surface area contributed by atoms with Gasteiger partial charge in [-0.3, -0.25) is 4.79 Å². The van der Waals surface area contributed by atoms with Crippen molar-refractivity contribution in [1.29, 1.82) is 0 Å². The van der Waals surface area contributed by atoms with Crippen LogP contribution in [0.3, 0.4) is 0 Å². The molecule has 0 aliphatic rings. The Bertz CT molecular complexity index is 568. The van der Waals surface area contributed by atoms with Gasteiger partial charge in [-0.05, 0) is 26.0 Å². The number of nitrogens with two attached hydrogens (primary N) is 2. The van der Waals surface area contributed by atoms with Gasteiger partial charge in [-0.2, -0.15) is 0 Å². The highest BCUT2D eigenvalue weighted by atomic mass is 16.1. The van der Waals surface area contributed by atoms with E-state index in [4.69, 9.17) is 11.5 Å². The third-order valence-corrected chi connectivity index (χ3v) is 2.43. The van der Waals surface area contributed by atoms with Crippen molar-refractivity contribution in [2.45, 2.75) is 13.8 Å². The molecule has 2 aromatic rings. The Balaban J connectivity index is 2.64.